The largest absolute Gasteiger partial charge is 0.388 e. The molecule has 3 saturated heterocycles. The van der Waals surface area contributed by atoms with Crippen LogP contribution in [0, 0.1) is 5.92 Å². The van der Waals surface area contributed by atoms with Gasteiger partial charge in [-0.05, 0) is 24.6 Å². The number of benzene rings is 2. The van der Waals surface area contributed by atoms with Crippen LogP contribution >= 0.6 is 0 Å². The van der Waals surface area contributed by atoms with Gasteiger partial charge in [-0.2, -0.15) is 5.06 Å². The van der Waals surface area contributed by atoms with E-state index in [-0.39, 0.29) is 12.5 Å². The fraction of sp³-hybridized carbons (Fsp3) is 0.391. The number of para-hydroxylation sites is 1. The van der Waals surface area contributed by atoms with Crippen LogP contribution in [0.1, 0.15) is 12.5 Å². The van der Waals surface area contributed by atoms with Crippen LogP contribution in [-0.2, 0) is 30.4 Å². The molecule has 5 rings (SSSR count). The predicted octanol–water partition coefficient (Wildman–Crippen LogP) is 1.48. The van der Waals surface area contributed by atoms with Crippen molar-refractivity contribution in [2.75, 3.05) is 11.5 Å². The summed E-state index contributed by atoms with van der Waals surface area (Å²) in [5.74, 6) is -1.55. The van der Waals surface area contributed by atoms with Crippen molar-refractivity contribution in [3.63, 3.8) is 0 Å². The number of ether oxygens (including phenoxy) is 2. The molecule has 3 heterocycles. The first-order valence-corrected chi connectivity index (χ1v) is 10.4. The number of nitrogens with zero attached hydrogens (tertiary/aromatic N) is 2. The van der Waals surface area contributed by atoms with E-state index < -0.39 is 42.5 Å². The van der Waals surface area contributed by atoms with E-state index in [4.69, 9.17) is 14.3 Å². The highest BCUT2D eigenvalue weighted by atomic mass is 16.7. The number of hydrogen-bond donors (Lipinski definition) is 1. The Morgan fingerprint density at radius 2 is 1.68 bits per heavy atom. The molecule has 0 radical (unpaired) electrons. The topological polar surface area (TPSA) is 88.5 Å². The van der Waals surface area contributed by atoms with Gasteiger partial charge in [0, 0.05) is 6.54 Å². The lowest BCUT2D eigenvalue weighted by Crippen LogP contribution is -2.56. The van der Waals surface area contributed by atoms with Gasteiger partial charge in [0.1, 0.15) is 12.2 Å². The Hall–Kier alpha value is -2.62. The number of imide groups is 1. The average Bonchev–Trinajstić information content (AvgIpc) is 3.26. The van der Waals surface area contributed by atoms with Crippen LogP contribution in [0.4, 0.5) is 5.69 Å². The fourth-order valence-electron chi connectivity index (χ4n) is 4.59. The molecule has 162 valence electrons. The molecule has 3 aliphatic rings. The van der Waals surface area contributed by atoms with Gasteiger partial charge in [0.25, 0.3) is 5.91 Å². The van der Waals surface area contributed by atoms with Crippen LogP contribution in [0.2, 0.25) is 0 Å². The summed E-state index contributed by atoms with van der Waals surface area (Å²) in [6.07, 6.45) is -3.19. The highest BCUT2D eigenvalue weighted by molar-refractivity contribution is 6.23. The van der Waals surface area contributed by atoms with Crippen molar-refractivity contribution in [1.82, 2.24) is 5.06 Å². The summed E-state index contributed by atoms with van der Waals surface area (Å²) < 4.78 is 11.3. The molecule has 2 aromatic rings. The zero-order valence-corrected chi connectivity index (χ0v) is 17.0. The summed E-state index contributed by atoms with van der Waals surface area (Å²) in [6.45, 7) is 2.18. The maximum atomic E-state index is 13.5. The van der Waals surface area contributed by atoms with Crippen LogP contribution in [0.3, 0.4) is 0 Å². The van der Waals surface area contributed by atoms with Crippen molar-refractivity contribution in [2.24, 2.45) is 5.92 Å². The zero-order valence-electron chi connectivity index (χ0n) is 17.0. The number of aliphatic hydroxyl groups excluding tert-OH is 1. The second-order valence-electron chi connectivity index (χ2n) is 8.02. The van der Waals surface area contributed by atoms with Crippen LogP contribution in [0.5, 0.6) is 0 Å². The molecule has 2 aromatic carbocycles. The minimum Gasteiger partial charge on any atom is -0.388 e. The molecule has 0 spiro atoms. The second kappa shape index (κ2) is 8.14. The third-order valence-corrected chi connectivity index (χ3v) is 6.01. The Balaban J connectivity index is 1.50. The van der Waals surface area contributed by atoms with E-state index in [0.717, 1.165) is 5.56 Å². The molecule has 0 saturated carbocycles. The van der Waals surface area contributed by atoms with E-state index in [1.165, 1.54) is 4.90 Å². The molecule has 1 N–H and O–H groups in total. The summed E-state index contributed by atoms with van der Waals surface area (Å²) in [7, 11) is 0. The molecule has 0 bridgehead atoms. The fourth-order valence-corrected chi connectivity index (χ4v) is 4.59. The molecule has 6 atom stereocenters. The number of rotatable bonds is 4. The first kappa shape index (κ1) is 20.3. The standard InChI is InChI=1S/C23H24N2O6/c1-14-29-13-17(26)20(30-14)19-18-21(31-24(19)12-15-8-4-2-5-9-15)23(28)25(22(18)27)16-10-6-3-7-11-16/h2-11,14,17-21,26H,12-13H2,1H3/t14-,17+,18-,19+,20-,21+/m0/s1. The van der Waals surface area contributed by atoms with Crippen molar-refractivity contribution >= 4 is 17.5 Å². The van der Waals surface area contributed by atoms with Gasteiger partial charge < -0.3 is 14.6 Å². The summed E-state index contributed by atoms with van der Waals surface area (Å²) in [5, 5.41) is 12.3. The van der Waals surface area contributed by atoms with Crippen molar-refractivity contribution < 1.29 is 29.0 Å². The minimum atomic E-state index is -0.963. The van der Waals surface area contributed by atoms with E-state index in [1.54, 1.807) is 36.3 Å². The van der Waals surface area contributed by atoms with Gasteiger partial charge in [-0.3, -0.25) is 14.4 Å². The Labute approximate surface area is 179 Å². The lowest BCUT2D eigenvalue weighted by molar-refractivity contribution is -0.275. The Bertz CT molecular complexity index is 955. The van der Waals surface area contributed by atoms with Gasteiger partial charge in [-0.1, -0.05) is 48.5 Å². The van der Waals surface area contributed by atoms with E-state index in [2.05, 4.69) is 0 Å². The van der Waals surface area contributed by atoms with Gasteiger partial charge in [-0.25, -0.2) is 4.90 Å². The van der Waals surface area contributed by atoms with Gasteiger partial charge in [0.2, 0.25) is 5.91 Å². The Morgan fingerprint density at radius 3 is 2.39 bits per heavy atom. The van der Waals surface area contributed by atoms with Crippen LogP contribution in [0.25, 0.3) is 0 Å². The van der Waals surface area contributed by atoms with Crippen molar-refractivity contribution in [2.45, 2.75) is 44.1 Å². The third-order valence-electron chi connectivity index (χ3n) is 6.01. The van der Waals surface area contributed by atoms with Gasteiger partial charge >= 0.3 is 0 Å². The van der Waals surface area contributed by atoms with Crippen molar-refractivity contribution in [3.05, 3.63) is 66.2 Å². The molecular weight excluding hydrogens is 400 g/mol. The van der Waals surface area contributed by atoms with Crippen LogP contribution < -0.4 is 4.90 Å². The van der Waals surface area contributed by atoms with Crippen molar-refractivity contribution in [1.29, 1.82) is 0 Å². The summed E-state index contributed by atoms with van der Waals surface area (Å²) in [4.78, 5) is 33.9. The normalized spacial score (nSPS) is 33.7. The smallest absolute Gasteiger partial charge is 0.265 e. The zero-order chi connectivity index (χ0) is 21.5. The van der Waals surface area contributed by atoms with Crippen molar-refractivity contribution in [3.8, 4) is 0 Å². The number of hydrogen-bond acceptors (Lipinski definition) is 7. The van der Waals surface area contributed by atoms with Gasteiger partial charge in [0.15, 0.2) is 12.4 Å². The number of carbonyl (C=O) groups is 2. The monoisotopic (exact) mass is 424 g/mol. The lowest BCUT2D eigenvalue weighted by atomic mass is 9.89. The third kappa shape index (κ3) is 3.56. The number of fused-ring (bicyclic) bond motifs is 1. The number of carbonyl (C=O) groups excluding carboxylic acids is 2. The van der Waals surface area contributed by atoms with Crippen LogP contribution in [0.15, 0.2) is 60.7 Å². The minimum absolute atomic E-state index is 0.0867. The number of hydroxylamine groups is 2. The maximum Gasteiger partial charge on any atom is 0.265 e. The second-order valence-corrected chi connectivity index (χ2v) is 8.02. The Morgan fingerprint density at radius 1 is 1.00 bits per heavy atom. The molecule has 3 aliphatic heterocycles. The van der Waals surface area contributed by atoms with Gasteiger partial charge in [-0.15, -0.1) is 0 Å². The molecule has 2 amide bonds. The molecule has 8 nitrogen and oxygen atoms in total. The molecule has 3 fully saturated rings. The average molecular weight is 424 g/mol. The van der Waals surface area contributed by atoms with E-state index >= 15 is 0 Å². The maximum absolute atomic E-state index is 13.5. The molecular formula is C23H24N2O6. The Kier molecular flexibility index (Phi) is 5.33. The quantitative estimate of drug-likeness (QED) is 0.744. The van der Waals surface area contributed by atoms with Gasteiger partial charge in [0.05, 0.1) is 24.3 Å². The molecule has 8 heteroatoms. The first-order valence-electron chi connectivity index (χ1n) is 10.4. The predicted molar refractivity (Wildman–Crippen MR) is 109 cm³/mol. The molecule has 0 aliphatic carbocycles. The number of anilines is 1. The first-order chi connectivity index (χ1) is 15.0. The summed E-state index contributed by atoms with van der Waals surface area (Å²) >= 11 is 0. The highest BCUT2D eigenvalue weighted by Crippen LogP contribution is 2.42. The number of aliphatic hydroxyl groups is 1. The molecule has 0 aromatic heterocycles. The summed E-state index contributed by atoms with van der Waals surface area (Å²) in [5.41, 5.74) is 1.47. The lowest BCUT2D eigenvalue weighted by Gasteiger charge is -2.39. The number of amides is 2. The van der Waals surface area contributed by atoms with E-state index in [0.29, 0.717) is 12.2 Å². The highest BCUT2D eigenvalue weighted by Gasteiger charge is 2.62. The molecule has 31 heavy (non-hydrogen) atoms. The summed E-state index contributed by atoms with van der Waals surface area (Å²) in [6, 6.07) is 17.8. The van der Waals surface area contributed by atoms with E-state index in [1.807, 2.05) is 36.4 Å². The molecule has 0 unspecified atom stereocenters. The van der Waals surface area contributed by atoms with E-state index in [9.17, 15) is 14.7 Å². The SMILES string of the molecule is C[C@H]1OC[C@@H](O)[C@@H]([C@H]2[C@@H]3C(=O)N(c4ccccc4)C(=O)[C@@H]3ON2Cc2ccccc2)O1. The van der Waals surface area contributed by atoms with Crippen LogP contribution in [-0.4, -0.2) is 59.2 Å².